The van der Waals surface area contributed by atoms with E-state index in [4.69, 9.17) is 4.74 Å². The molecule has 0 aromatic carbocycles. The van der Waals surface area contributed by atoms with Crippen LogP contribution in [0, 0.1) is 0 Å². The van der Waals surface area contributed by atoms with E-state index >= 15 is 0 Å². The number of quaternary nitrogens is 1. The minimum Gasteiger partial charge on any atom is -0.756 e. The molecular formula is C14H24N3O10P. The largest absolute Gasteiger partial charge is 0.756 e. The number of nitrogens with one attached hydrogen (secondary N) is 1. The van der Waals surface area contributed by atoms with Gasteiger partial charge in [-0.3, -0.25) is 23.4 Å². The van der Waals surface area contributed by atoms with Crippen molar-refractivity contribution in [2.75, 3.05) is 34.3 Å². The van der Waals surface area contributed by atoms with Crippen molar-refractivity contribution >= 4 is 7.82 Å². The molecule has 0 spiro atoms. The second-order valence-corrected chi connectivity index (χ2v) is 8.64. The number of rotatable bonds is 8. The number of hydrogen-bond acceptors (Lipinski definition) is 10. The highest BCUT2D eigenvalue weighted by molar-refractivity contribution is 7.45. The van der Waals surface area contributed by atoms with Gasteiger partial charge in [-0.2, -0.15) is 0 Å². The number of hydrogen-bond donors (Lipinski definition) is 4. The molecule has 0 amide bonds. The van der Waals surface area contributed by atoms with Gasteiger partial charge in [0, 0.05) is 12.3 Å². The van der Waals surface area contributed by atoms with Gasteiger partial charge in [0.1, 0.15) is 31.5 Å². The van der Waals surface area contributed by atoms with E-state index in [1.54, 1.807) is 0 Å². The van der Waals surface area contributed by atoms with Crippen molar-refractivity contribution in [3.05, 3.63) is 33.1 Å². The second kappa shape index (κ2) is 8.53. The number of likely N-dealkylation sites (N-methyl/N-ethyl adjacent to an activating group) is 1. The Bertz CT molecular complexity index is 834. The summed E-state index contributed by atoms with van der Waals surface area (Å²) in [5.74, 6) is 0. The molecule has 4 N–H and O–H groups in total. The predicted octanol–water partition coefficient (Wildman–Crippen LogP) is -3.32. The van der Waals surface area contributed by atoms with E-state index in [1.807, 2.05) is 26.1 Å². The standard InChI is InChI=1S/C14H24N3O10P/c1-17(2,3)6-7-25-28(23,24)27-13(21)11-9(19)10(20)12(26-11)16-5-4-8(18)15-14(16)22/h4-5,9-13,19-21H,6-7H2,1-3H3,(H-,15,18,22,23,24)/t9-,10+,11-,12+,13?/m0/s1. The van der Waals surface area contributed by atoms with Crippen molar-refractivity contribution in [2.24, 2.45) is 0 Å². The summed E-state index contributed by atoms with van der Waals surface area (Å²) in [7, 11) is 0.512. The van der Waals surface area contributed by atoms with E-state index < -0.39 is 49.9 Å². The van der Waals surface area contributed by atoms with E-state index in [0.717, 1.165) is 16.8 Å². The van der Waals surface area contributed by atoms with Gasteiger partial charge in [0.15, 0.2) is 12.5 Å². The molecule has 1 fully saturated rings. The van der Waals surface area contributed by atoms with Gasteiger partial charge in [0.25, 0.3) is 13.4 Å². The van der Waals surface area contributed by atoms with Crippen LogP contribution < -0.4 is 16.1 Å². The molecule has 13 nitrogen and oxygen atoms in total. The number of ether oxygens (including phenoxy) is 1. The topological polar surface area (TPSA) is 183 Å². The maximum Gasteiger partial charge on any atom is 0.330 e. The Morgan fingerprint density at radius 3 is 2.57 bits per heavy atom. The van der Waals surface area contributed by atoms with Gasteiger partial charge < -0.3 is 34.0 Å². The number of phosphoric ester groups is 1. The summed E-state index contributed by atoms with van der Waals surface area (Å²) >= 11 is 0. The summed E-state index contributed by atoms with van der Waals surface area (Å²) in [6, 6.07) is 0.984. The molecule has 2 unspecified atom stereocenters. The van der Waals surface area contributed by atoms with Crippen LogP contribution in [0.3, 0.4) is 0 Å². The van der Waals surface area contributed by atoms with Gasteiger partial charge in [0.05, 0.1) is 21.1 Å². The molecule has 0 aliphatic carbocycles. The van der Waals surface area contributed by atoms with Crippen LogP contribution in [0.4, 0.5) is 0 Å². The lowest BCUT2D eigenvalue weighted by Gasteiger charge is -2.30. The lowest BCUT2D eigenvalue weighted by Crippen LogP contribution is -2.41. The van der Waals surface area contributed by atoms with Crippen molar-refractivity contribution in [1.82, 2.24) is 9.55 Å². The summed E-state index contributed by atoms with van der Waals surface area (Å²) in [4.78, 5) is 36.7. The number of aliphatic hydroxyl groups excluding tert-OH is 3. The SMILES string of the molecule is C[N+](C)(C)CCOP(=O)([O-])OC(O)[C@H]1O[C@@H](n2ccc(=O)[nH]c2=O)[C@H](O)[C@@H]1O. The molecule has 2 rings (SSSR count). The van der Waals surface area contributed by atoms with Crippen molar-refractivity contribution in [3.8, 4) is 0 Å². The van der Waals surface area contributed by atoms with Crippen LogP contribution >= 0.6 is 7.82 Å². The second-order valence-electron chi connectivity index (χ2n) is 7.28. The fraction of sp³-hybridized carbons (Fsp3) is 0.714. The first-order valence-corrected chi connectivity index (χ1v) is 9.72. The molecule has 1 aliphatic heterocycles. The Morgan fingerprint density at radius 2 is 2.00 bits per heavy atom. The van der Waals surface area contributed by atoms with Crippen LogP contribution in [-0.4, -0.2) is 88.3 Å². The van der Waals surface area contributed by atoms with E-state index in [-0.39, 0.29) is 6.61 Å². The highest BCUT2D eigenvalue weighted by atomic mass is 31.2. The van der Waals surface area contributed by atoms with Crippen LogP contribution in [0.1, 0.15) is 6.23 Å². The van der Waals surface area contributed by atoms with Crippen LogP contribution in [0.5, 0.6) is 0 Å². The number of aromatic amines is 1. The molecule has 6 atom stereocenters. The third-order valence-corrected chi connectivity index (χ3v) is 4.90. The molecule has 160 valence electrons. The van der Waals surface area contributed by atoms with Gasteiger partial charge >= 0.3 is 5.69 Å². The fourth-order valence-electron chi connectivity index (χ4n) is 2.43. The minimum atomic E-state index is -4.94. The van der Waals surface area contributed by atoms with Gasteiger partial charge in [-0.25, -0.2) is 4.79 Å². The number of aromatic nitrogens is 2. The Balaban J connectivity index is 2.05. The smallest absolute Gasteiger partial charge is 0.330 e. The van der Waals surface area contributed by atoms with Crippen molar-refractivity contribution in [2.45, 2.75) is 30.8 Å². The van der Waals surface area contributed by atoms with Gasteiger partial charge in [-0.1, -0.05) is 0 Å². The summed E-state index contributed by atoms with van der Waals surface area (Å²) in [6.07, 6.45) is -7.89. The number of nitrogens with zero attached hydrogens (tertiary/aromatic N) is 2. The Kier molecular flexibility index (Phi) is 6.97. The van der Waals surface area contributed by atoms with Gasteiger partial charge in [0.2, 0.25) is 0 Å². The molecule has 1 aromatic heterocycles. The molecule has 14 heteroatoms. The molecular weight excluding hydrogens is 401 g/mol. The molecule has 0 saturated carbocycles. The highest BCUT2D eigenvalue weighted by Gasteiger charge is 2.48. The average Bonchev–Trinajstić information content (AvgIpc) is 2.81. The average molecular weight is 425 g/mol. The summed E-state index contributed by atoms with van der Waals surface area (Å²) in [6.45, 7) is 0.132. The van der Waals surface area contributed by atoms with Crippen molar-refractivity contribution in [3.63, 3.8) is 0 Å². The first-order valence-electron chi connectivity index (χ1n) is 8.26. The zero-order chi connectivity index (χ0) is 21.3. The fourth-order valence-corrected chi connectivity index (χ4v) is 3.18. The first kappa shape index (κ1) is 22.9. The minimum absolute atomic E-state index is 0.205. The third-order valence-electron chi connectivity index (χ3n) is 3.93. The molecule has 2 heterocycles. The quantitative estimate of drug-likeness (QED) is 0.187. The summed E-state index contributed by atoms with van der Waals surface area (Å²) < 4.78 is 27.4. The molecule has 0 bridgehead atoms. The normalized spacial score (nSPS) is 28.8. The lowest BCUT2D eigenvalue weighted by molar-refractivity contribution is -0.870. The number of phosphoric acid groups is 1. The van der Waals surface area contributed by atoms with Gasteiger partial charge in [-0.15, -0.1) is 0 Å². The van der Waals surface area contributed by atoms with Gasteiger partial charge in [-0.05, 0) is 0 Å². The number of aliphatic hydroxyl groups is 3. The first-order chi connectivity index (χ1) is 12.8. The van der Waals surface area contributed by atoms with E-state index in [0.29, 0.717) is 11.0 Å². The molecule has 1 saturated heterocycles. The van der Waals surface area contributed by atoms with Crippen LogP contribution in [0.2, 0.25) is 0 Å². The monoisotopic (exact) mass is 425 g/mol. The Hall–Kier alpha value is -1.41. The summed E-state index contributed by atoms with van der Waals surface area (Å²) in [5.41, 5.74) is -1.62. The third kappa shape index (κ3) is 5.80. The zero-order valence-corrected chi connectivity index (χ0v) is 16.4. The lowest BCUT2D eigenvalue weighted by atomic mass is 10.1. The maximum absolute atomic E-state index is 11.8. The molecule has 1 aliphatic rings. The Labute approximate surface area is 159 Å². The molecule has 1 aromatic rings. The van der Waals surface area contributed by atoms with Crippen LogP contribution in [0.15, 0.2) is 21.9 Å². The molecule has 28 heavy (non-hydrogen) atoms. The van der Waals surface area contributed by atoms with Crippen molar-refractivity contribution in [1.29, 1.82) is 0 Å². The summed E-state index contributed by atoms with van der Waals surface area (Å²) in [5, 5.41) is 30.1. The van der Waals surface area contributed by atoms with Crippen LogP contribution in [-0.2, 0) is 18.3 Å². The number of H-pyrrole nitrogens is 1. The molecule has 0 radical (unpaired) electrons. The zero-order valence-electron chi connectivity index (χ0n) is 15.5. The van der Waals surface area contributed by atoms with E-state index in [1.165, 1.54) is 0 Å². The van der Waals surface area contributed by atoms with Crippen LogP contribution in [0.25, 0.3) is 0 Å². The Morgan fingerprint density at radius 1 is 1.36 bits per heavy atom. The van der Waals surface area contributed by atoms with E-state index in [9.17, 15) is 34.4 Å². The predicted molar refractivity (Wildman–Crippen MR) is 90.8 cm³/mol. The highest BCUT2D eigenvalue weighted by Crippen LogP contribution is 2.42. The maximum atomic E-state index is 11.8. The van der Waals surface area contributed by atoms with Crippen molar-refractivity contribution < 1.29 is 43.0 Å². The van der Waals surface area contributed by atoms with E-state index in [2.05, 4.69) is 9.05 Å².